The molecule has 0 radical (unpaired) electrons. The minimum Gasteiger partial charge on any atom is -0.378 e. The maximum Gasteiger partial charge on any atom is 0.229 e. The van der Waals surface area contributed by atoms with Gasteiger partial charge in [-0.15, -0.1) is 0 Å². The van der Waals surface area contributed by atoms with E-state index in [4.69, 9.17) is 14.7 Å². The standard InChI is InChI=1S/C23H24N6O/c1-16-12-17(2)14-18(13-16)25-21-20-15-24-29(19-6-4-3-5-7-19)22(20)27-23(26-21)28-8-10-30-11-9-28/h3-7,12-15H,8-11H2,1-2H3,(H,25,26,27). The third kappa shape index (κ3) is 3.59. The molecule has 1 fully saturated rings. The first kappa shape index (κ1) is 18.6. The van der Waals surface area contributed by atoms with Crippen LogP contribution in [0.25, 0.3) is 16.7 Å². The average molecular weight is 400 g/mol. The van der Waals surface area contributed by atoms with Crippen LogP contribution in [0.4, 0.5) is 17.5 Å². The third-order valence-electron chi connectivity index (χ3n) is 5.20. The average Bonchev–Trinajstić information content (AvgIpc) is 3.19. The fourth-order valence-corrected chi connectivity index (χ4v) is 3.84. The summed E-state index contributed by atoms with van der Waals surface area (Å²) in [5.41, 5.74) is 5.17. The van der Waals surface area contributed by atoms with Gasteiger partial charge in [-0.2, -0.15) is 15.1 Å². The lowest BCUT2D eigenvalue weighted by Crippen LogP contribution is -2.37. The van der Waals surface area contributed by atoms with E-state index in [9.17, 15) is 0 Å². The number of aryl methyl sites for hydroxylation is 2. The molecule has 1 aliphatic rings. The molecule has 0 bridgehead atoms. The van der Waals surface area contributed by atoms with Crippen LogP contribution < -0.4 is 10.2 Å². The minimum absolute atomic E-state index is 0.680. The lowest BCUT2D eigenvalue weighted by Gasteiger charge is -2.27. The van der Waals surface area contributed by atoms with Gasteiger partial charge in [0.1, 0.15) is 5.82 Å². The van der Waals surface area contributed by atoms with Gasteiger partial charge in [0.05, 0.1) is 30.5 Å². The number of fused-ring (bicyclic) bond motifs is 1. The molecule has 0 amide bonds. The van der Waals surface area contributed by atoms with Gasteiger partial charge in [-0.1, -0.05) is 24.3 Å². The zero-order valence-corrected chi connectivity index (χ0v) is 17.2. The molecule has 7 heteroatoms. The maximum absolute atomic E-state index is 5.51. The maximum atomic E-state index is 5.51. The second kappa shape index (κ2) is 7.76. The predicted octanol–water partition coefficient (Wildman–Crippen LogP) is 4.01. The second-order valence-electron chi connectivity index (χ2n) is 7.60. The van der Waals surface area contributed by atoms with Gasteiger partial charge in [0.25, 0.3) is 0 Å². The number of para-hydroxylation sites is 1. The summed E-state index contributed by atoms with van der Waals surface area (Å²) < 4.78 is 7.38. The highest BCUT2D eigenvalue weighted by Gasteiger charge is 2.19. The van der Waals surface area contributed by atoms with Gasteiger partial charge < -0.3 is 15.0 Å². The molecule has 1 N–H and O–H groups in total. The number of rotatable bonds is 4. The molecule has 7 nitrogen and oxygen atoms in total. The van der Waals surface area contributed by atoms with E-state index in [-0.39, 0.29) is 0 Å². The van der Waals surface area contributed by atoms with Crippen molar-refractivity contribution in [1.29, 1.82) is 0 Å². The smallest absolute Gasteiger partial charge is 0.229 e. The number of benzene rings is 2. The number of nitrogens with zero attached hydrogens (tertiary/aromatic N) is 5. The van der Waals surface area contributed by atoms with E-state index in [0.29, 0.717) is 19.2 Å². The van der Waals surface area contributed by atoms with Crippen LogP contribution in [0.15, 0.2) is 54.7 Å². The van der Waals surface area contributed by atoms with Crippen LogP contribution in [0, 0.1) is 13.8 Å². The van der Waals surface area contributed by atoms with Gasteiger partial charge in [0.2, 0.25) is 5.95 Å². The predicted molar refractivity (Wildman–Crippen MR) is 119 cm³/mol. The summed E-state index contributed by atoms with van der Waals surface area (Å²) in [6, 6.07) is 16.5. The normalized spacial score (nSPS) is 14.3. The third-order valence-corrected chi connectivity index (χ3v) is 5.20. The molecular formula is C23H24N6O. The lowest BCUT2D eigenvalue weighted by molar-refractivity contribution is 0.122. The Morgan fingerprint density at radius 1 is 0.933 bits per heavy atom. The molecule has 152 valence electrons. The van der Waals surface area contributed by atoms with E-state index in [2.05, 4.69) is 47.4 Å². The van der Waals surface area contributed by atoms with Crippen LogP contribution >= 0.6 is 0 Å². The second-order valence-corrected chi connectivity index (χ2v) is 7.60. The Morgan fingerprint density at radius 3 is 2.40 bits per heavy atom. The minimum atomic E-state index is 0.680. The molecule has 4 aromatic rings. The molecule has 0 spiro atoms. The first-order valence-electron chi connectivity index (χ1n) is 10.2. The van der Waals surface area contributed by atoms with Crippen LogP contribution in [0.1, 0.15) is 11.1 Å². The summed E-state index contributed by atoms with van der Waals surface area (Å²) in [6.07, 6.45) is 1.83. The number of ether oxygens (including phenoxy) is 1. The molecule has 30 heavy (non-hydrogen) atoms. The Hall–Kier alpha value is -3.45. The van der Waals surface area contributed by atoms with Crippen LogP contribution in [-0.4, -0.2) is 46.1 Å². The van der Waals surface area contributed by atoms with Crippen molar-refractivity contribution in [3.8, 4) is 5.69 Å². The SMILES string of the molecule is Cc1cc(C)cc(Nc2nc(N3CCOCC3)nc3c2cnn3-c2ccccc2)c1. The first-order valence-corrected chi connectivity index (χ1v) is 10.2. The summed E-state index contributed by atoms with van der Waals surface area (Å²) in [7, 11) is 0. The van der Waals surface area contributed by atoms with Gasteiger partial charge in [0, 0.05) is 18.8 Å². The molecule has 5 rings (SSSR count). The number of nitrogens with one attached hydrogen (secondary N) is 1. The molecule has 3 heterocycles. The molecule has 2 aromatic carbocycles. The van der Waals surface area contributed by atoms with Crippen LogP contribution in [0.3, 0.4) is 0 Å². The topological polar surface area (TPSA) is 68.1 Å². The zero-order chi connectivity index (χ0) is 20.5. The lowest BCUT2D eigenvalue weighted by atomic mass is 10.1. The van der Waals surface area contributed by atoms with E-state index >= 15 is 0 Å². The Kier molecular flexibility index (Phi) is 4.80. The van der Waals surface area contributed by atoms with Crippen molar-refractivity contribution in [1.82, 2.24) is 19.7 Å². The summed E-state index contributed by atoms with van der Waals surface area (Å²) in [4.78, 5) is 11.9. The van der Waals surface area contributed by atoms with E-state index in [1.54, 1.807) is 0 Å². The molecule has 1 aliphatic heterocycles. The number of hydrogen-bond acceptors (Lipinski definition) is 6. The highest BCUT2D eigenvalue weighted by Crippen LogP contribution is 2.29. The molecule has 0 aliphatic carbocycles. The van der Waals surface area contributed by atoms with E-state index in [1.807, 2.05) is 41.2 Å². The van der Waals surface area contributed by atoms with Gasteiger partial charge in [-0.3, -0.25) is 0 Å². The molecule has 0 atom stereocenters. The highest BCUT2D eigenvalue weighted by molar-refractivity contribution is 5.90. The largest absolute Gasteiger partial charge is 0.378 e. The van der Waals surface area contributed by atoms with Gasteiger partial charge in [0.15, 0.2) is 5.65 Å². The zero-order valence-electron chi connectivity index (χ0n) is 17.2. The summed E-state index contributed by atoms with van der Waals surface area (Å²) in [6.45, 7) is 7.10. The summed E-state index contributed by atoms with van der Waals surface area (Å²) in [5.74, 6) is 1.45. The van der Waals surface area contributed by atoms with Crippen molar-refractivity contribution >= 4 is 28.5 Å². The van der Waals surface area contributed by atoms with Gasteiger partial charge >= 0.3 is 0 Å². The van der Waals surface area contributed by atoms with E-state index < -0.39 is 0 Å². The highest BCUT2D eigenvalue weighted by atomic mass is 16.5. The van der Waals surface area contributed by atoms with Crippen LogP contribution in [0.5, 0.6) is 0 Å². The molecule has 0 unspecified atom stereocenters. The van der Waals surface area contributed by atoms with E-state index in [1.165, 1.54) is 11.1 Å². The molecule has 0 saturated carbocycles. The Bertz CT molecular complexity index is 1160. The van der Waals surface area contributed by atoms with Crippen molar-refractivity contribution in [2.24, 2.45) is 0 Å². The van der Waals surface area contributed by atoms with Gasteiger partial charge in [-0.25, -0.2) is 4.68 Å². The quantitative estimate of drug-likeness (QED) is 0.558. The Balaban J connectivity index is 1.65. The van der Waals surface area contributed by atoms with Crippen molar-refractivity contribution in [2.45, 2.75) is 13.8 Å². The van der Waals surface area contributed by atoms with Crippen LogP contribution in [-0.2, 0) is 4.74 Å². The number of anilines is 3. The molecular weight excluding hydrogens is 376 g/mol. The van der Waals surface area contributed by atoms with Crippen molar-refractivity contribution in [3.05, 3.63) is 65.9 Å². The summed E-state index contributed by atoms with van der Waals surface area (Å²) >= 11 is 0. The monoisotopic (exact) mass is 400 g/mol. The van der Waals surface area contributed by atoms with E-state index in [0.717, 1.165) is 41.3 Å². The number of aromatic nitrogens is 4. The summed E-state index contributed by atoms with van der Waals surface area (Å²) in [5, 5.41) is 9.01. The fourth-order valence-electron chi connectivity index (χ4n) is 3.84. The molecule has 2 aromatic heterocycles. The fraction of sp³-hybridized carbons (Fsp3) is 0.261. The van der Waals surface area contributed by atoms with Crippen molar-refractivity contribution in [2.75, 3.05) is 36.5 Å². The first-order chi connectivity index (χ1) is 14.7. The van der Waals surface area contributed by atoms with Crippen molar-refractivity contribution < 1.29 is 4.74 Å². The number of hydrogen-bond donors (Lipinski definition) is 1. The Morgan fingerprint density at radius 2 is 1.67 bits per heavy atom. The number of morpholine rings is 1. The van der Waals surface area contributed by atoms with Crippen molar-refractivity contribution in [3.63, 3.8) is 0 Å². The van der Waals surface area contributed by atoms with Gasteiger partial charge in [-0.05, 0) is 49.2 Å². The van der Waals surface area contributed by atoms with Crippen LogP contribution in [0.2, 0.25) is 0 Å². The Labute approximate surface area is 175 Å². The molecule has 1 saturated heterocycles.